The average molecular weight is 484 g/mol. The molecule has 3 aromatic rings. The summed E-state index contributed by atoms with van der Waals surface area (Å²) in [6, 6.07) is 19.0. The van der Waals surface area contributed by atoms with E-state index in [1.54, 1.807) is 36.3 Å². The Morgan fingerprint density at radius 1 is 0.941 bits per heavy atom. The van der Waals surface area contributed by atoms with Gasteiger partial charge in [0.1, 0.15) is 11.6 Å². The molecule has 0 spiro atoms. The third kappa shape index (κ3) is 5.55. The van der Waals surface area contributed by atoms with E-state index in [-0.39, 0.29) is 22.1 Å². The number of methoxy groups -OCH3 is 1. The van der Waals surface area contributed by atoms with Gasteiger partial charge >= 0.3 is 0 Å². The molecule has 9 heteroatoms. The molecule has 178 valence electrons. The highest BCUT2D eigenvalue weighted by Gasteiger charge is 2.25. The van der Waals surface area contributed by atoms with Crippen LogP contribution in [0.3, 0.4) is 0 Å². The smallest absolute Gasteiger partial charge is 0.261 e. The van der Waals surface area contributed by atoms with E-state index in [0.717, 1.165) is 24.4 Å². The number of carbonyl (C=O) groups is 1. The first-order valence-electron chi connectivity index (χ1n) is 10.9. The van der Waals surface area contributed by atoms with Gasteiger partial charge in [-0.15, -0.1) is 0 Å². The van der Waals surface area contributed by atoms with Crippen LogP contribution in [0.15, 0.2) is 77.7 Å². The number of carbonyl (C=O) groups excluding carboxylic acids is 1. The number of sulfonamides is 1. The zero-order valence-electron chi connectivity index (χ0n) is 18.8. The van der Waals surface area contributed by atoms with Gasteiger partial charge in [0.25, 0.3) is 15.9 Å². The molecule has 0 aliphatic carbocycles. The lowest BCUT2D eigenvalue weighted by molar-refractivity contribution is 0.0629. The van der Waals surface area contributed by atoms with Gasteiger partial charge in [0, 0.05) is 32.7 Å². The molecule has 4 rings (SSSR count). The van der Waals surface area contributed by atoms with Crippen LogP contribution in [0.1, 0.15) is 15.9 Å². The summed E-state index contributed by atoms with van der Waals surface area (Å²) in [5, 5.41) is 0. The van der Waals surface area contributed by atoms with Gasteiger partial charge in [0.15, 0.2) is 0 Å². The van der Waals surface area contributed by atoms with E-state index in [1.165, 1.54) is 17.7 Å². The molecule has 1 saturated heterocycles. The van der Waals surface area contributed by atoms with Gasteiger partial charge in [0.2, 0.25) is 0 Å². The highest BCUT2D eigenvalue weighted by atomic mass is 32.2. The largest absolute Gasteiger partial charge is 0.497 e. The second kappa shape index (κ2) is 10.2. The van der Waals surface area contributed by atoms with Gasteiger partial charge in [-0.25, -0.2) is 12.8 Å². The SMILES string of the molecule is COc1ccc(CN2CCN(C(=O)c3ccccc3NS(=O)(=O)c3ccc(F)cc3)CC2)cc1. The molecule has 0 bridgehead atoms. The molecule has 1 aliphatic heterocycles. The van der Waals surface area contributed by atoms with Gasteiger partial charge in [-0.3, -0.25) is 14.4 Å². The highest BCUT2D eigenvalue weighted by Crippen LogP contribution is 2.23. The summed E-state index contributed by atoms with van der Waals surface area (Å²) in [5.41, 5.74) is 1.63. The summed E-state index contributed by atoms with van der Waals surface area (Å²) < 4.78 is 46.4. The maximum atomic E-state index is 13.2. The van der Waals surface area contributed by atoms with Crippen molar-refractivity contribution in [3.8, 4) is 5.75 Å². The third-order valence-electron chi connectivity index (χ3n) is 5.75. The van der Waals surface area contributed by atoms with Crippen LogP contribution in [0.5, 0.6) is 5.75 Å². The van der Waals surface area contributed by atoms with Crippen molar-refractivity contribution in [3.05, 3.63) is 89.7 Å². The number of piperazine rings is 1. The highest BCUT2D eigenvalue weighted by molar-refractivity contribution is 7.92. The molecular formula is C25H26FN3O4S. The lowest BCUT2D eigenvalue weighted by Crippen LogP contribution is -2.48. The summed E-state index contributed by atoms with van der Waals surface area (Å²) in [6.45, 7) is 3.27. The minimum atomic E-state index is -3.97. The Morgan fingerprint density at radius 3 is 2.24 bits per heavy atom. The number of halogens is 1. The molecule has 0 radical (unpaired) electrons. The van der Waals surface area contributed by atoms with Crippen molar-refractivity contribution in [1.29, 1.82) is 0 Å². The van der Waals surface area contributed by atoms with Gasteiger partial charge < -0.3 is 9.64 Å². The first-order valence-corrected chi connectivity index (χ1v) is 12.4. The molecule has 0 saturated carbocycles. The maximum absolute atomic E-state index is 13.2. The topological polar surface area (TPSA) is 79.0 Å². The number of nitrogens with one attached hydrogen (secondary N) is 1. The molecule has 3 aromatic carbocycles. The van der Waals surface area contributed by atoms with Crippen LogP contribution in [0.25, 0.3) is 0 Å². The first-order chi connectivity index (χ1) is 16.4. The van der Waals surface area contributed by atoms with Crippen molar-refractivity contribution >= 4 is 21.6 Å². The van der Waals surface area contributed by atoms with E-state index in [9.17, 15) is 17.6 Å². The Kier molecular flexibility index (Phi) is 7.14. The number of para-hydroxylation sites is 1. The zero-order chi connectivity index (χ0) is 24.1. The van der Waals surface area contributed by atoms with E-state index >= 15 is 0 Å². The van der Waals surface area contributed by atoms with Gasteiger partial charge in [-0.05, 0) is 54.1 Å². The Morgan fingerprint density at radius 2 is 1.59 bits per heavy atom. The van der Waals surface area contributed by atoms with Crippen LogP contribution in [0.2, 0.25) is 0 Å². The lowest BCUT2D eigenvalue weighted by Gasteiger charge is -2.35. The van der Waals surface area contributed by atoms with Crippen LogP contribution in [-0.2, 0) is 16.6 Å². The summed E-state index contributed by atoms with van der Waals surface area (Å²) in [6.07, 6.45) is 0. The number of hydrogen-bond donors (Lipinski definition) is 1. The molecule has 7 nitrogen and oxygen atoms in total. The number of rotatable bonds is 7. The summed E-state index contributed by atoms with van der Waals surface area (Å²) in [4.78, 5) is 17.2. The van der Waals surface area contributed by atoms with Crippen molar-refractivity contribution in [3.63, 3.8) is 0 Å². The number of amides is 1. The van der Waals surface area contributed by atoms with E-state index in [0.29, 0.717) is 26.2 Å². The normalized spacial score (nSPS) is 14.6. The van der Waals surface area contributed by atoms with Crippen molar-refractivity contribution in [1.82, 2.24) is 9.80 Å². The van der Waals surface area contributed by atoms with Gasteiger partial charge in [-0.2, -0.15) is 0 Å². The number of hydrogen-bond acceptors (Lipinski definition) is 5. The molecular weight excluding hydrogens is 457 g/mol. The summed E-state index contributed by atoms with van der Waals surface area (Å²) in [5.74, 6) is 0.0510. The predicted molar refractivity (Wildman–Crippen MR) is 128 cm³/mol. The molecule has 1 fully saturated rings. The second-order valence-corrected chi connectivity index (χ2v) is 9.70. The Labute approximate surface area is 198 Å². The fourth-order valence-electron chi connectivity index (χ4n) is 3.84. The van der Waals surface area contributed by atoms with Gasteiger partial charge in [-0.1, -0.05) is 24.3 Å². The predicted octanol–water partition coefficient (Wildman–Crippen LogP) is 3.59. The Hall–Kier alpha value is -3.43. The quantitative estimate of drug-likeness (QED) is 0.556. The fraction of sp³-hybridized carbons (Fsp3) is 0.240. The average Bonchev–Trinajstić information content (AvgIpc) is 2.85. The number of nitrogens with zero attached hydrogens (tertiary/aromatic N) is 2. The van der Waals surface area contributed by atoms with Crippen LogP contribution in [0.4, 0.5) is 10.1 Å². The van der Waals surface area contributed by atoms with E-state index < -0.39 is 15.8 Å². The first kappa shape index (κ1) is 23.7. The molecule has 1 heterocycles. The minimum Gasteiger partial charge on any atom is -0.497 e. The van der Waals surface area contributed by atoms with Crippen LogP contribution < -0.4 is 9.46 Å². The van der Waals surface area contributed by atoms with Crippen LogP contribution in [-0.4, -0.2) is 57.4 Å². The molecule has 0 atom stereocenters. The molecule has 34 heavy (non-hydrogen) atoms. The molecule has 1 amide bonds. The molecule has 0 aromatic heterocycles. The summed E-state index contributed by atoms with van der Waals surface area (Å²) in [7, 11) is -2.33. The lowest BCUT2D eigenvalue weighted by atomic mass is 10.1. The minimum absolute atomic E-state index is 0.0803. The Balaban J connectivity index is 1.41. The maximum Gasteiger partial charge on any atom is 0.261 e. The number of anilines is 1. The van der Waals surface area contributed by atoms with E-state index in [4.69, 9.17) is 4.74 Å². The van der Waals surface area contributed by atoms with E-state index in [2.05, 4.69) is 9.62 Å². The second-order valence-electron chi connectivity index (χ2n) is 8.02. The van der Waals surface area contributed by atoms with Crippen molar-refractivity contribution < 1.29 is 22.3 Å². The standard InChI is InChI=1S/C25H26FN3O4S/c1-33-21-10-6-19(7-11-21)18-28-14-16-29(17-15-28)25(30)23-4-2-3-5-24(23)27-34(31,32)22-12-8-20(26)9-13-22/h2-13,27H,14-18H2,1H3. The zero-order valence-corrected chi connectivity index (χ0v) is 19.6. The molecule has 1 N–H and O–H groups in total. The molecule has 0 unspecified atom stereocenters. The monoisotopic (exact) mass is 483 g/mol. The van der Waals surface area contributed by atoms with Crippen molar-refractivity contribution in [2.45, 2.75) is 11.4 Å². The third-order valence-corrected chi connectivity index (χ3v) is 7.13. The van der Waals surface area contributed by atoms with Gasteiger partial charge in [0.05, 0.1) is 23.3 Å². The summed E-state index contributed by atoms with van der Waals surface area (Å²) >= 11 is 0. The van der Waals surface area contributed by atoms with Crippen molar-refractivity contribution in [2.24, 2.45) is 0 Å². The van der Waals surface area contributed by atoms with Crippen LogP contribution in [0, 0.1) is 5.82 Å². The van der Waals surface area contributed by atoms with Crippen molar-refractivity contribution in [2.75, 3.05) is 38.0 Å². The number of benzene rings is 3. The number of ether oxygens (including phenoxy) is 1. The van der Waals surface area contributed by atoms with E-state index in [1.807, 2.05) is 24.3 Å². The van der Waals surface area contributed by atoms with Crippen LogP contribution >= 0.6 is 0 Å². The molecule has 1 aliphatic rings. The fourth-order valence-corrected chi connectivity index (χ4v) is 4.92. The Bertz CT molecular complexity index is 1240.